The summed E-state index contributed by atoms with van der Waals surface area (Å²) < 4.78 is 3.86. The summed E-state index contributed by atoms with van der Waals surface area (Å²) in [7, 11) is 0. The van der Waals surface area contributed by atoms with Crippen molar-refractivity contribution >= 4 is 11.5 Å². The van der Waals surface area contributed by atoms with Gasteiger partial charge in [-0.3, -0.25) is 0 Å². The fourth-order valence-corrected chi connectivity index (χ4v) is 0.773. The number of aryl methyl sites for hydroxylation is 1. The molecule has 0 atom stereocenters. The highest BCUT2D eigenvalue weighted by molar-refractivity contribution is 7.03. The molecule has 0 aliphatic carbocycles. The minimum atomic E-state index is 1.25. The molecule has 1 rings (SSSR count). The molecule has 1 aromatic rings. The highest BCUT2D eigenvalue weighted by Crippen LogP contribution is 1.95. The lowest BCUT2D eigenvalue weighted by Gasteiger charge is -1.63. The lowest BCUT2D eigenvalue weighted by molar-refractivity contribution is 1.46. The maximum Gasteiger partial charge on any atom is 0.0436 e. The maximum atomic E-state index is 3.86. The lowest BCUT2D eigenvalue weighted by Crippen LogP contribution is -1.50. The van der Waals surface area contributed by atoms with E-state index in [1.165, 1.54) is 17.1 Å². The Hall–Kier alpha value is -0.370. The van der Waals surface area contributed by atoms with Gasteiger partial charge < -0.3 is 0 Å². The van der Waals surface area contributed by atoms with Gasteiger partial charge in [-0.15, -0.1) is 0 Å². The van der Waals surface area contributed by atoms with Gasteiger partial charge in [-0.1, -0.05) is 41.5 Å². The van der Waals surface area contributed by atoms with Crippen LogP contribution in [0.4, 0.5) is 0 Å². The Labute approximate surface area is 82.0 Å². The first-order valence-electron chi connectivity index (χ1n) is 4.75. The van der Waals surface area contributed by atoms with Gasteiger partial charge in [-0.2, -0.15) is 0 Å². The van der Waals surface area contributed by atoms with E-state index < -0.39 is 0 Å². The number of hydrogen-bond acceptors (Lipinski definition) is 2. The first kappa shape index (κ1) is 17.6. The Bertz CT molecular complexity index is 113. The molecule has 74 valence electrons. The molecule has 2 heteroatoms. The standard InChI is InChI=1S/C4H5NS.3C2H6/c1-4-2-5-6-3-4;3*1-2/h2-3H,1H3;3*1-2H3. The van der Waals surface area contributed by atoms with Crippen molar-refractivity contribution in [1.82, 2.24) is 4.37 Å². The minimum Gasteiger partial charge on any atom is -0.201 e. The minimum absolute atomic E-state index is 1.25. The van der Waals surface area contributed by atoms with Crippen molar-refractivity contribution < 1.29 is 0 Å². The third kappa shape index (κ3) is 16.3. The second-order valence-electron chi connectivity index (χ2n) is 1.20. The predicted octanol–water partition coefficient (Wildman–Crippen LogP) is 4.53. The van der Waals surface area contributed by atoms with Crippen LogP contribution in [0.1, 0.15) is 47.1 Å². The molecule has 0 fully saturated rings. The van der Waals surface area contributed by atoms with Gasteiger partial charge in [-0.25, -0.2) is 4.37 Å². The zero-order valence-electron chi connectivity index (χ0n) is 9.51. The van der Waals surface area contributed by atoms with Crippen LogP contribution in [0, 0.1) is 6.92 Å². The normalized spacial score (nSPS) is 5.92. The van der Waals surface area contributed by atoms with Crippen LogP contribution in [0.5, 0.6) is 0 Å². The van der Waals surface area contributed by atoms with Gasteiger partial charge in [-0.05, 0) is 24.0 Å². The molecule has 0 N–H and O–H groups in total. The van der Waals surface area contributed by atoms with Gasteiger partial charge in [0.1, 0.15) is 0 Å². The first-order valence-corrected chi connectivity index (χ1v) is 5.59. The van der Waals surface area contributed by atoms with E-state index in [2.05, 4.69) is 4.37 Å². The Morgan fingerprint density at radius 1 is 1.00 bits per heavy atom. The van der Waals surface area contributed by atoms with Crippen LogP contribution in [-0.2, 0) is 0 Å². The third-order valence-electron chi connectivity index (χ3n) is 0.556. The second-order valence-corrected chi connectivity index (χ2v) is 1.86. The van der Waals surface area contributed by atoms with Crippen LogP contribution in [-0.4, -0.2) is 4.37 Å². The SMILES string of the molecule is CC.CC.CC.Cc1cnsc1. The van der Waals surface area contributed by atoms with E-state index in [1.807, 2.05) is 60.0 Å². The molecule has 0 saturated carbocycles. The van der Waals surface area contributed by atoms with Crippen molar-refractivity contribution in [2.24, 2.45) is 0 Å². The molecule has 0 aromatic carbocycles. The van der Waals surface area contributed by atoms with E-state index >= 15 is 0 Å². The summed E-state index contributed by atoms with van der Waals surface area (Å²) in [6.45, 7) is 14.0. The molecular weight excluding hydrogens is 166 g/mol. The van der Waals surface area contributed by atoms with Crippen molar-refractivity contribution in [2.75, 3.05) is 0 Å². The average Bonchev–Trinajstić information content (AvgIpc) is 2.66. The van der Waals surface area contributed by atoms with Crippen molar-refractivity contribution in [3.8, 4) is 0 Å². The third-order valence-corrected chi connectivity index (χ3v) is 1.26. The molecular formula is C10H23NS. The zero-order valence-corrected chi connectivity index (χ0v) is 10.3. The van der Waals surface area contributed by atoms with Gasteiger partial charge in [0.25, 0.3) is 0 Å². The largest absolute Gasteiger partial charge is 0.201 e. The highest BCUT2D eigenvalue weighted by atomic mass is 32.1. The fourth-order valence-electron chi connectivity index (χ4n) is 0.258. The summed E-state index contributed by atoms with van der Waals surface area (Å²) in [5.74, 6) is 0. The van der Waals surface area contributed by atoms with Crippen molar-refractivity contribution in [3.05, 3.63) is 17.1 Å². The number of aromatic nitrogens is 1. The van der Waals surface area contributed by atoms with Gasteiger partial charge in [0.05, 0.1) is 0 Å². The summed E-state index contributed by atoms with van der Waals surface area (Å²) in [5.41, 5.74) is 1.25. The van der Waals surface area contributed by atoms with Gasteiger partial charge in [0, 0.05) is 11.6 Å². The molecule has 12 heavy (non-hydrogen) atoms. The number of hydrogen-bond donors (Lipinski definition) is 0. The van der Waals surface area contributed by atoms with E-state index in [0.29, 0.717) is 0 Å². The smallest absolute Gasteiger partial charge is 0.0436 e. The molecule has 0 aliphatic rings. The number of rotatable bonds is 0. The van der Waals surface area contributed by atoms with Crippen LogP contribution < -0.4 is 0 Å². The molecule has 0 bridgehead atoms. The van der Waals surface area contributed by atoms with E-state index in [4.69, 9.17) is 0 Å². The van der Waals surface area contributed by atoms with E-state index in [9.17, 15) is 0 Å². The van der Waals surface area contributed by atoms with E-state index in [-0.39, 0.29) is 0 Å². The summed E-state index contributed by atoms with van der Waals surface area (Å²) in [5, 5.41) is 2.01. The summed E-state index contributed by atoms with van der Waals surface area (Å²) in [4.78, 5) is 0. The van der Waals surface area contributed by atoms with Gasteiger partial charge in [0.2, 0.25) is 0 Å². The maximum absolute atomic E-state index is 3.86. The summed E-state index contributed by atoms with van der Waals surface area (Å²) in [6, 6.07) is 0. The quantitative estimate of drug-likeness (QED) is 0.584. The predicted molar refractivity (Wildman–Crippen MR) is 60.9 cm³/mol. The van der Waals surface area contributed by atoms with Gasteiger partial charge >= 0.3 is 0 Å². The molecule has 0 radical (unpaired) electrons. The molecule has 1 nitrogen and oxygen atoms in total. The van der Waals surface area contributed by atoms with Crippen LogP contribution in [0.3, 0.4) is 0 Å². The van der Waals surface area contributed by atoms with Crippen LogP contribution in [0.25, 0.3) is 0 Å². The Morgan fingerprint density at radius 2 is 1.42 bits per heavy atom. The van der Waals surface area contributed by atoms with E-state index in [1.54, 1.807) is 0 Å². The van der Waals surface area contributed by atoms with Crippen molar-refractivity contribution in [1.29, 1.82) is 0 Å². The van der Waals surface area contributed by atoms with Gasteiger partial charge in [0.15, 0.2) is 0 Å². The monoisotopic (exact) mass is 189 g/mol. The molecule has 1 aromatic heterocycles. The summed E-state index contributed by atoms with van der Waals surface area (Å²) >= 11 is 1.49. The zero-order chi connectivity index (χ0) is 10.4. The topological polar surface area (TPSA) is 12.9 Å². The Balaban J connectivity index is -0.000000117. The van der Waals surface area contributed by atoms with E-state index in [0.717, 1.165) is 0 Å². The first-order chi connectivity index (χ1) is 5.89. The van der Waals surface area contributed by atoms with Crippen LogP contribution >= 0.6 is 11.5 Å². The fraction of sp³-hybridized carbons (Fsp3) is 0.700. The molecule has 0 amide bonds. The Kier molecular flexibility index (Phi) is 33.0. The second kappa shape index (κ2) is 22.4. The molecule has 1 heterocycles. The summed E-state index contributed by atoms with van der Waals surface area (Å²) in [6.07, 6.45) is 1.85. The van der Waals surface area contributed by atoms with Crippen molar-refractivity contribution in [3.63, 3.8) is 0 Å². The molecule has 0 saturated heterocycles. The number of nitrogens with zero attached hydrogens (tertiary/aromatic N) is 1. The van der Waals surface area contributed by atoms with Crippen LogP contribution in [0.15, 0.2) is 11.6 Å². The Morgan fingerprint density at radius 3 is 1.50 bits per heavy atom. The lowest BCUT2D eigenvalue weighted by atomic mass is 10.5. The highest BCUT2D eigenvalue weighted by Gasteiger charge is 1.76. The average molecular weight is 189 g/mol. The van der Waals surface area contributed by atoms with Crippen LogP contribution in [0.2, 0.25) is 0 Å². The molecule has 0 unspecified atom stereocenters. The van der Waals surface area contributed by atoms with Crippen molar-refractivity contribution in [2.45, 2.75) is 48.5 Å². The molecule has 0 aliphatic heterocycles. The molecule has 0 spiro atoms.